The number of thiocarbonyl (C=S) groups is 1. The van der Waals surface area contributed by atoms with Gasteiger partial charge in [0.05, 0.1) is 14.5 Å². The van der Waals surface area contributed by atoms with E-state index < -0.39 is 11.8 Å². The predicted octanol–water partition coefficient (Wildman–Crippen LogP) is 5.66. The van der Waals surface area contributed by atoms with E-state index in [0.717, 1.165) is 11.1 Å². The lowest BCUT2D eigenvalue weighted by atomic mass is 10.0. The minimum absolute atomic E-state index is 0.0320. The highest BCUT2D eigenvalue weighted by Gasteiger charge is 2.35. The molecule has 0 aliphatic carbocycles. The fraction of sp³-hybridized carbons (Fsp3) is 0.174. The molecule has 166 valence electrons. The lowest BCUT2D eigenvalue weighted by Gasteiger charge is -2.31. The summed E-state index contributed by atoms with van der Waals surface area (Å²) in [6.07, 6.45) is 3.83. The Balaban J connectivity index is 1.94. The van der Waals surface area contributed by atoms with Gasteiger partial charge in [-0.05, 0) is 81.6 Å². The highest BCUT2D eigenvalue weighted by molar-refractivity contribution is 9.10. The van der Waals surface area contributed by atoms with Gasteiger partial charge in [0, 0.05) is 14.1 Å². The Labute approximate surface area is 210 Å². The van der Waals surface area contributed by atoms with E-state index in [9.17, 15) is 9.59 Å². The van der Waals surface area contributed by atoms with E-state index in [0.29, 0.717) is 32.3 Å². The van der Waals surface area contributed by atoms with Gasteiger partial charge in [-0.1, -0.05) is 35.3 Å². The second-order valence-electron chi connectivity index (χ2n) is 7.09. The number of halogens is 3. The van der Waals surface area contributed by atoms with Crippen LogP contribution in [-0.4, -0.2) is 40.8 Å². The highest BCUT2D eigenvalue weighted by atomic mass is 79.9. The van der Waals surface area contributed by atoms with Crippen LogP contribution in [0.2, 0.25) is 10.0 Å². The maximum atomic E-state index is 12.6. The molecule has 0 aromatic heterocycles. The summed E-state index contributed by atoms with van der Waals surface area (Å²) in [5.41, 5.74) is 2.41. The second kappa shape index (κ2) is 10.2. The quantitative estimate of drug-likeness (QED) is 0.200. The Morgan fingerprint density at radius 3 is 2.34 bits per heavy atom. The SMILES string of the molecule is C=CCc1cc(C=C2C(=O)N(C)C(=S)N(C)C2=O)cc(Br)c1OCc1ccc(Cl)c(Cl)c1. The number of allylic oxidation sites excluding steroid dienone is 1. The predicted molar refractivity (Wildman–Crippen MR) is 135 cm³/mol. The molecule has 0 radical (unpaired) electrons. The fourth-order valence-corrected chi connectivity index (χ4v) is 4.27. The molecule has 1 aliphatic heterocycles. The van der Waals surface area contributed by atoms with Gasteiger partial charge >= 0.3 is 0 Å². The first kappa shape index (κ1) is 24.5. The summed E-state index contributed by atoms with van der Waals surface area (Å²) in [6.45, 7) is 4.09. The Bertz CT molecular complexity index is 1140. The van der Waals surface area contributed by atoms with E-state index in [1.165, 1.54) is 9.80 Å². The molecule has 0 atom stereocenters. The lowest BCUT2D eigenvalue weighted by Crippen LogP contribution is -2.52. The van der Waals surface area contributed by atoms with Gasteiger partial charge in [0.15, 0.2) is 5.11 Å². The Morgan fingerprint density at radius 2 is 1.75 bits per heavy atom. The van der Waals surface area contributed by atoms with Crippen molar-refractivity contribution < 1.29 is 14.3 Å². The van der Waals surface area contributed by atoms with Crippen LogP contribution in [0.15, 0.2) is 53.0 Å². The van der Waals surface area contributed by atoms with E-state index in [2.05, 4.69) is 22.5 Å². The molecule has 9 heteroatoms. The number of ether oxygens (including phenoxy) is 1. The first-order chi connectivity index (χ1) is 15.1. The van der Waals surface area contributed by atoms with Crippen molar-refractivity contribution in [1.29, 1.82) is 0 Å². The molecule has 1 fully saturated rings. The number of carbonyl (C=O) groups excluding carboxylic acids is 2. The summed E-state index contributed by atoms with van der Waals surface area (Å²) in [5.74, 6) is -0.256. The second-order valence-corrected chi connectivity index (χ2v) is 9.12. The fourth-order valence-electron chi connectivity index (χ4n) is 3.15. The van der Waals surface area contributed by atoms with Crippen molar-refractivity contribution in [3.8, 4) is 5.75 Å². The third kappa shape index (κ3) is 5.07. The summed E-state index contributed by atoms with van der Waals surface area (Å²) in [5, 5.41) is 1.10. The van der Waals surface area contributed by atoms with Crippen molar-refractivity contribution in [2.75, 3.05) is 14.1 Å². The first-order valence-corrected chi connectivity index (χ1v) is 11.4. The van der Waals surface area contributed by atoms with Crippen molar-refractivity contribution in [3.05, 3.63) is 79.8 Å². The molecule has 0 unspecified atom stereocenters. The van der Waals surface area contributed by atoms with Crippen molar-refractivity contribution in [3.63, 3.8) is 0 Å². The Morgan fingerprint density at radius 1 is 1.09 bits per heavy atom. The molecule has 32 heavy (non-hydrogen) atoms. The van der Waals surface area contributed by atoms with E-state index in [1.54, 1.807) is 44.4 Å². The number of hydrogen-bond donors (Lipinski definition) is 0. The maximum Gasteiger partial charge on any atom is 0.265 e. The van der Waals surface area contributed by atoms with Gasteiger partial charge in [-0.15, -0.1) is 6.58 Å². The molecule has 0 saturated carbocycles. The number of nitrogens with zero attached hydrogens (tertiary/aromatic N) is 2. The zero-order valence-corrected chi connectivity index (χ0v) is 21.2. The number of hydrogen-bond acceptors (Lipinski definition) is 4. The van der Waals surface area contributed by atoms with Gasteiger partial charge in [0.2, 0.25) is 0 Å². The average Bonchev–Trinajstić information content (AvgIpc) is 2.76. The van der Waals surface area contributed by atoms with E-state index >= 15 is 0 Å². The van der Waals surface area contributed by atoms with Gasteiger partial charge in [0.1, 0.15) is 17.9 Å². The zero-order chi connectivity index (χ0) is 23.6. The molecule has 1 heterocycles. The molecule has 0 N–H and O–H groups in total. The summed E-state index contributed by atoms with van der Waals surface area (Å²) in [4.78, 5) is 27.8. The largest absolute Gasteiger partial charge is 0.487 e. The van der Waals surface area contributed by atoms with Crippen LogP contribution < -0.4 is 4.74 Å². The molecule has 1 saturated heterocycles. The van der Waals surface area contributed by atoms with Crippen LogP contribution in [0, 0.1) is 0 Å². The smallest absolute Gasteiger partial charge is 0.265 e. The van der Waals surface area contributed by atoms with Crippen LogP contribution in [0.4, 0.5) is 0 Å². The molecular formula is C23H19BrCl2N2O3S. The summed E-state index contributed by atoms with van der Waals surface area (Å²) in [7, 11) is 3.08. The van der Waals surface area contributed by atoms with Crippen LogP contribution >= 0.6 is 51.3 Å². The molecule has 5 nitrogen and oxygen atoms in total. The van der Waals surface area contributed by atoms with Crippen molar-refractivity contribution in [2.45, 2.75) is 13.0 Å². The maximum absolute atomic E-state index is 12.6. The topological polar surface area (TPSA) is 49.9 Å². The molecule has 1 aliphatic rings. The summed E-state index contributed by atoms with van der Waals surface area (Å²) < 4.78 is 6.73. The summed E-state index contributed by atoms with van der Waals surface area (Å²) in [6, 6.07) is 8.96. The van der Waals surface area contributed by atoms with Gasteiger partial charge in [0.25, 0.3) is 11.8 Å². The number of rotatable bonds is 6. The van der Waals surface area contributed by atoms with E-state index in [4.69, 9.17) is 40.2 Å². The Hall–Kier alpha value is -2.19. The van der Waals surface area contributed by atoms with Crippen LogP contribution in [0.5, 0.6) is 5.75 Å². The van der Waals surface area contributed by atoms with Gasteiger partial charge in [-0.25, -0.2) is 0 Å². The lowest BCUT2D eigenvalue weighted by molar-refractivity contribution is -0.132. The molecular weight excluding hydrogens is 535 g/mol. The molecule has 0 spiro atoms. The summed E-state index contributed by atoms with van der Waals surface area (Å²) >= 11 is 20.7. The third-order valence-electron chi connectivity index (χ3n) is 4.83. The van der Waals surface area contributed by atoms with E-state index in [-0.39, 0.29) is 17.3 Å². The van der Waals surface area contributed by atoms with Crippen LogP contribution in [0.1, 0.15) is 16.7 Å². The molecule has 2 aromatic rings. The number of likely N-dealkylation sites (N-methyl/N-ethyl adjacent to an activating group) is 2. The molecule has 2 aromatic carbocycles. The van der Waals surface area contributed by atoms with Crippen LogP contribution in [-0.2, 0) is 22.6 Å². The van der Waals surface area contributed by atoms with Crippen molar-refractivity contribution in [1.82, 2.24) is 9.80 Å². The minimum Gasteiger partial charge on any atom is -0.487 e. The Kier molecular flexibility index (Phi) is 7.77. The van der Waals surface area contributed by atoms with E-state index in [1.807, 2.05) is 12.1 Å². The monoisotopic (exact) mass is 552 g/mol. The van der Waals surface area contributed by atoms with Crippen molar-refractivity contribution >= 4 is 74.4 Å². The average molecular weight is 554 g/mol. The molecule has 3 rings (SSSR count). The normalized spacial score (nSPS) is 14.2. The van der Waals surface area contributed by atoms with Crippen LogP contribution in [0.3, 0.4) is 0 Å². The van der Waals surface area contributed by atoms with Crippen LogP contribution in [0.25, 0.3) is 6.08 Å². The van der Waals surface area contributed by atoms with Gasteiger partial charge < -0.3 is 4.74 Å². The highest BCUT2D eigenvalue weighted by Crippen LogP contribution is 2.34. The zero-order valence-electron chi connectivity index (χ0n) is 17.3. The molecule has 2 amide bonds. The van der Waals surface area contributed by atoms with Crippen molar-refractivity contribution in [2.24, 2.45) is 0 Å². The van der Waals surface area contributed by atoms with Gasteiger partial charge in [-0.3, -0.25) is 19.4 Å². The number of benzene rings is 2. The number of carbonyl (C=O) groups is 2. The minimum atomic E-state index is -0.445. The standard InChI is InChI=1S/C23H19BrCl2N2O3S/c1-4-5-15-8-14(9-16-21(29)27(2)23(32)28(3)22(16)30)10-17(24)20(15)31-12-13-6-7-18(25)19(26)11-13/h4,6-11H,1,5,12H2,2-3H3. The number of amides is 2. The first-order valence-electron chi connectivity index (χ1n) is 9.45. The van der Waals surface area contributed by atoms with Gasteiger partial charge in [-0.2, -0.15) is 0 Å². The molecule has 0 bridgehead atoms. The third-order valence-corrected chi connectivity index (χ3v) is 6.71.